The number of nitro groups is 1. The third kappa shape index (κ3) is 3.12. The van der Waals surface area contributed by atoms with Crippen molar-refractivity contribution in [3.05, 3.63) is 60.6 Å². The molecule has 1 heterocycles. The zero-order chi connectivity index (χ0) is 19.8. The number of phenolic OH excluding ortho intramolecular Hbond substituents is 2. The minimum absolute atomic E-state index is 0.000596. The first kappa shape index (κ1) is 19.0. The van der Waals surface area contributed by atoms with Crippen molar-refractivity contribution in [1.82, 2.24) is 0 Å². The Bertz CT molecular complexity index is 980. The van der Waals surface area contributed by atoms with Crippen LogP contribution in [-0.2, 0) is 0 Å². The molecule has 134 valence electrons. The van der Waals surface area contributed by atoms with Crippen molar-refractivity contribution in [3.63, 3.8) is 0 Å². The molecule has 1 aromatic heterocycles. The van der Waals surface area contributed by atoms with E-state index in [9.17, 15) is 30.8 Å². The van der Waals surface area contributed by atoms with Crippen LogP contribution in [0.1, 0.15) is 27.9 Å². The number of hydrogen-bond acceptors (Lipinski definition) is 6. The molecule has 2 rings (SSSR count). The van der Waals surface area contributed by atoms with Gasteiger partial charge in [-0.3, -0.25) is 10.1 Å². The number of pyridine rings is 1. The molecule has 2 N–H and O–H groups in total. The highest BCUT2D eigenvalue weighted by molar-refractivity contribution is 6.30. The minimum atomic E-state index is -0.895. The highest BCUT2D eigenvalue weighted by Gasteiger charge is 2.22. The fourth-order valence-corrected chi connectivity index (χ4v) is 2.75. The van der Waals surface area contributed by atoms with Crippen molar-refractivity contribution >= 4 is 28.9 Å². The van der Waals surface area contributed by atoms with Gasteiger partial charge in [0.2, 0.25) is 5.75 Å². The molecule has 26 heavy (non-hydrogen) atoms. The summed E-state index contributed by atoms with van der Waals surface area (Å²) < 4.78 is 0.529. The second kappa shape index (κ2) is 6.90. The Morgan fingerprint density at radius 3 is 2.46 bits per heavy atom. The van der Waals surface area contributed by atoms with E-state index in [0.29, 0.717) is 21.6 Å². The molecule has 1 aromatic carbocycles. The zero-order valence-electron chi connectivity index (χ0n) is 14.1. The van der Waals surface area contributed by atoms with Gasteiger partial charge in [0.15, 0.2) is 11.4 Å². The van der Waals surface area contributed by atoms with Gasteiger partial charge in [0.05, 0.1) is 22.1 Å². The van der Waals surface area contributed by atoms with Crippen LogP contribution < -0.4 is 4.73 Å². The van der Waals surface area contributed by atoms with Gasteiger partial charge in [-0.25, -0.2) is 0 Å². The van der Waals surface area contributed by atoms with Crippen LogP contribution in [0.3, 0.4) is 0 Å². The first-order valence-electron chi connectivity index (χ1n) is 7.31. The first-order chi connectivity index (χ1) is 12.1. The zero-order valence-corrected chi connectivity index (χ0v) is 14.8. The fraction of sp³-hybridized carbons (Fsp3) is 0.176. The average Bonchev–Trinajstić information content (AvgIpc) is 2.60. The van der Waals surface area contributed by atoms with E-state index in [-0.39, 0.29) is 21.9 Å². The van der Waals surface area contributed by atoms with E-state index in [1.54, 1.807) is 20.8 Å². The Balaban J connectivity index is 2.76. The van der Waals surface area contributed by atoms with Gasteiger partial charge in [0.25, 0.3) is 5.15 Å². The molecule has 0 saturated carbocycles. The Kier molecular flexibility index (Phi) is 5.05. The lowest BCUT2D eigenvalue weighted by atomic mass is 9.98. The number of hydrogen-bond donors (Lipinski definition) is 2. The normalized spacial score (nSPS) is 11.3. The molecule has 0 bridgehead atoms. The summed E-state index contributed by atoms with van der Waals surface area (Å²) in [6.07, 6.45) is 1.31. The largest absolute Gasteiger partial charge is 0.617 e. The number of nitriles is 1. The molecule has 0 aliphatic rings. The SMILES string of the molecule is Cc1c(C)c(C)[n+]([O-])c(Cl)c1/C=C(/C#N)c1cc(O)c(O)c([N+](=O)[O-])c1. The summed E-state index contributed by atoms with van der Waals surface area (Å²) in [6.45, 7) is 5.07. The summed E-state index contributed by atoms with van der Waals surface area (Å²) in [7, 11) is 0. The lowest BCUT2D eigenvalue weighted by molar-refractivity contribution is -0.610. The Morgan fingerprint density at radius 2 is 1.92 bits per heavy atom. The quantitative estimate of drug-likeness (QED) is 0.161. The van der Waals surface area contributed by atoms with Crippen molar-refractivity contribution in [1.29, 1.82) is 5.26 Å². The summed E-state index contributed by atoms with van der Waals surface area (Å²) in [5.41, 5.74) is 1.25. The fourth-order valence-electron chi connectivity index (χ4n) is 2.43. The maximum Gasteiger partial charge on any atom is 0.315 e. The topological polar surface area (TPSA) is 134 Å². The number of nitro benzene ring substituents is 1. The smallest absolute Gasteiger partial charge is 0.315 e. The third-order valence-corrected chi connectivity index (χ3v) is 4.56. The molecule has 0 fully saturated rings. The van der Waals surface area contributed by atoms with Gasteiger partial charge in [-0.15, -0.1) is 0 Å². The van der Waals surface area contributed by atoms with Crippen LogP contribution >= 0.6 is 11.6 Å². The number of phenols is 2. The summed E-state index contributed by atoms with van der Waals surface area (Å²) in [4.78, 5) is 10.1. The van der Waals surface area contributed by atoms with Gasteiger partial charge in [0, 0.05) is 24.1 Å². The van der Waals surface area contributed by atoms with Crippen LogP contribution in [0.5, 0.6) is 11.5 Å². The molecule has 0 amide bonds. The molecular formula is C17H14ClN3O5. The lowest BCUT2D eigenvalue weighted by Gasteiger charge is -2.12. The maximum absolute atomic E-state index is 12.1. The van der Waals surface area contributed by atoms with E-state index in [0.717, 1.165) is 12.1 Å². The number of rotatable bonds is 3. The average molecular weight is 376 g/mol. The first-order valence-corrected chi connectivity index (χ1v) is 7.69. The molecule has 2 aromatic rings. The number of aromatic hydroxyl groups is 2. The van der Waals surface area contributed by atoms with E-state index >= 15 is 0 Å². The Hall–Kier alpha value is -3.31. The highest BCUT2D eigenvalue weighted by Crippen LogP contribution is 2.38. The van der Waals surface area contributed by atoms with Gasteiger partial charge < -0.3 is 15.4 Å². The van der Waals surface area contributed by atoms with E-state index in [1.807, 2.05) is 6.07 Å². The van der Waals surface area contributed by atoms with Gasteiger partial charge in [-0.05, 0) is 43.2 Å². The molecule has 0 unspecified atom stereocenters. The molecule has 0 atom stereocenters. The molecule has 0 spiro atoms. The molecule has 8 nitrogen and oxygen atoms in total. The number of halogens is 1. The molecule has 0 radical (unpaired) electrons. The maximum atomic E-state index is 12.1. The van der Waals surface area contributed by atoms with E-state index in [2.05, 4.69) is 0 Å². The summed E-state index contributed by atoms with van der Waals surface area (Å²) >= 11 is 6.10. The number of aromatic nitrogens is 1. The van der Waals surface area contributed by atoms with Crippen LogP contribution in [0.25, 0.3) is 11.6 Å². The number of nitrogens with zero attached hydrogens (tertiary/aromatic N) is 3. The molecule has 0 saturated heterocycles. The third-order valence-electron chi connectivity index (χ3n) is 4.20. The predicted molar refractivity (Wildman–Crippen MR) is 94.5 cm³/mol. The van der Waals surface area contributed by atoms with E-state index in [1.165, 1.54) is 6.08 Å². The standard InChI is InChI=1S/C17H14ClN3O5/c1-8-9(2)13(17(18)20(24)10(8)3)4-12(7-19)11-5-14(21(25)26)16(23)15(22)6-11/h4-6,22-23H,1-3H3/b12-4-. The van der Waals surface area contributed by atoms with Crippen LogP contribution in [0, 0.1) is 47.4 Å². The minimum Gasteiger partial charge on any atom is -0.617 e. The summed E-state index contributed by atoms with van der Waals surface area (Å²) in [6, 6.07) is 3.84. The van der Waals surface area contributed by atoms with Gasteiger partial charge in [0.1, 0.15) is 0 Å². The van der Waals surface area contributed by atoms with Crippen LogP contribution in [-0.4, -0.2) is 15.1 Å². The van der Waals surface area contributed by atoms with Crippen LogP contribution in [0.2, 0.25) is 5.15 Å². The summed E-state index contributed by atoms with van der Waals surface area (Å²) in [5.74, 6) is -1.63. The van der Waals surface area contributed by atoms with Crippen LogP contribution in [0.15, 0.2) is 12.1 Å². The highest BCUT2D eigenvalue weighted by atomic mass is 35.5. The van der Waals surface area contributed by atoms with Crippen molar-refractivity contribution < 1.29 is 19.9 Å². The predicted octanol–water partition coefficient (Wildman–Crippen LogP) is 3.28. The molecule has 9 heteroatoms. The Labute approximate surface area is 153 Å². The molecule has 0 aliphatic heterocycles. The van der Waals surface area contributed by atoms with E-state index in [4.69, 9.17) is 11.6 Å². The van der Waals surface area contributed by atoms with Gasteiger partial charge in [-0.2, -0.15) is 9.99 Å². The van der Waals surface area contributed by atoms with Gasteiger partial charge >= 0.3 is 5.69 Å². The van der Waals surface area contributed by atoms with Crippen molar-refractivity contribution in [3.8, 4) is 17.6 Å². The lowest BCUT2D eigenvalue weighted by Crippen LogP contribution is -2.34. The number of allylic oxidation sites excluding steroid dienone is 1. The van der Waals surface area contributed by atoms with Crippen molar-refractivity contribution in [2.24, 2.45) is 0 Å². The molecular weight excluding hydrogens is 362 g/mol. The van der Waals surface area contributed by atoms with Gasteiger partial charge in [-0.1, -0.05) is 0 Å². The number of benzene rings is 1. The summed E-state index contributed by atoms with van der Waals surface area (Å²) in [5, 5.41) is 51.7. The van der Waals surface area contributed by atoms with E-state index < -0.39 is 22.1 Å². The van der Waals surface area contributed by atoms with Crippen molar-refractivity contribution in [2.75, 3.05) is 0 Å². The van der Waals surface area contributed by atoms with Crippen molar-refractivity contribution in [2.45, 2.75) is 20.8 Å². The van der Waals surface area contributed by atoms with Crippen LogP contribution in [0.4, 0.5) is 5.69 Å². The molecule has 0 aliphatic carbocycles. The monoisotopic (exact) mass is 375 g/mol. The second-order valence-corrected chi connectivity index (χ2v) is 5.98. The second-order valence-electron chi connectivity index (χ2n) is 5.62. The Morgan fingerprint density at radius 1 is 1.31 bits per heavy atom.